The van der Waals surface area contributed by atoms with Crippen molar-refractivity contribution >= 4 is 17.1 Å². The molecule has 0 aromatic heterocycles. The molecule has 2 rings (SSSR count). The minimum Gasteiger partial charge on any atom is -0.366 e. The number of nitro groups is 2. The zero-order valence-electron chi connectivity index (χ0n) is 10.9. The summed E-state index contributed by atoms with van der Waals surface area (Å²) >= 11 is 0. The van der Waals surface area contributed by atoms with Crippen LogP contribution in [-0.4, -0.2) is 41.8 Å². The summed E-state index contributed by atoms with van der Waals surface area (Å²) in [6.45, 7) is -0.630. The number of alkyl halides is 3. The highest BCUT2D eigenvalue weighted by Gasteiger charge is 2.43. The molecule has 1 aromatic rings. The van der Waals surface area contributed by atoms with Gasteiger partial charge in [-0.2, -0.15) is 13.2 Å². The van der Waals surface area contributed by atoms with Crippen LogP contribution in [0.5, 0.6) is 0 Å². The molecular weight excluding hydrogens is 311 g/mol. The van der Waals surface area contributed by atoms with Gasteiger partial charge in [-0.25, -0.2) is 0 Å². The van der Waals surface area contributed by atoms with E-state index in [0.29, 0.717) is 0 Å². The first-order valence-electron chi connectivity index (χ1n) is 6.06. The summed E-state index contributed by atoms with van der Waals surface area (Å²) < 4.78 is 42.6. The molecule has 0 radical (unpaired) electrons. The highest BCUT2D eigenvalue weighted by molar-refractivity contribution is 5.63. The van der Waals surface area contributed by atoms with E-state index in [1.54, 1.807) is 0 Å². The van der Waals surface area contributed by atoms with Crippen LogP contribution in [-0.2, 0) is 4.74 Å². The summed E-state index contributed by atoms with van der Waals surface area (Å²) in [7, 11) is 0. The van der Waals surface area contributed by atoms with Crippen LogP contribution >= 0.6 is 0 Å². The van der Waals surface area contributed by atoms with Crippen LogP contribution in [0.2, 0.25) is 0 Å². The molecule has 1 atom stereocenters. The Morgan fingerprint density at radius 2 is 1.82 bits per heavy atom. The van der Waals surface area contributed by atoms with Gasteiger partial charge in [0.25, 0.3) is 0 Å². The number of morpholine rings is 1. The normalized spacial score (nSPS) is 19.0. The van der Waals surface area contributed by atoms with Gasteiger partial charge in [0.1, 0.15) is 0 Å². The fourth-order valence-electron chi connectivity index (χ4n) is 2.09. The first-order valence-corrected chi connectivity index (χ1v) is 6.06. The third-order valence-electron chi connectivity index (χ3n) is 3.15. The van der Waals surface area contributed by atoms with Crippen molar-refractivity contribution in [1.82, 2.24) is 0 Å². The second-order valence-corrected chi connectivity index (χ2v) is 4.53. The van der Waals surface area contributed by atoms with E-state index in [1.807, 2.05) is 0 Å². The Labute approximate surface area is 121 Å². The summed E-state index contributed by atoms with van der Waals surface area (Å²) in [4.78, 5) is 21.0. The van der Waals surface area contributed by atoms with E-state index in [4.69, 9.17) is 0 Å². The van der Waals surface area contributed by atoms with Crippen LogP contribution < -0.4 is 4.90 Å². The molecule has 8 nitrogen and oxygen atoms in total. The van der Waals surface area contributed by atoms with E-state index in [1.165, 1.54) is 11.0 Å². The minimum absolute atomic E-state index is 0.0988. The fraction of sp³-hybridized carbons (Fsp3) is 0.455. The molecule has 1 heterocycles. The number of ether oxygens (including phenoxy) is 1. The van der Waals surface area contributed by atoms with Crippen molar-refractivity contribution in [1.29, 1.82) is 0 Å². The van der Waals surface area contributed by atoms with Crippen LogP contribution in [0.1, 0.15) is 0 Å². The Balaban J connectivity index is 2.31. The Morgan fingerprint density at radius 1 is 1.18 bits per heavy atom. The third kappa shape index (κ3) is 3.24. The number of hydrogen-bond donors (Lipinski definition) is 0. The van der Waals surface area contributed by atoms with E-state index >= 15 is 0 Å². The second-order valence-electron chi connectivity index (χ2n) is 4.53. The number of benzene rings is 1. The van der Waals surface area contributed by atoms with E-state index in [9.17, 15) is 33.4 Å². The highest BCUT2D eigenvalue weighted by atomic mass is 19.4. The van der Waals surface area contributed by atoms with Gasteiger partial charge in [-0.05, 0) is 6.07 Å². The SMILES string of the molecule is O=[N+]([O-])c1ccc(N2CCOC(C(F)(F)F)C2)cc1[N+](=O)[O-]. The molecule has 0 bridgehead atoms. The molecule has 1 saturated heterocycles. The molecule has 1 unspecified atom stereocenters. The Hall–Kier alpha value is -2.43. The molecule has 0 amide bonds. The molecule has 0 aliphatic carbocycles. The standard InChI is InChI=1S/C11H10F3N3O5/c12-11(13,14)10-6-15(3-4-22-10)7-1-2-8(16(18)19)9(5-7)17(20)21/h1-2,5,10H,3-4,6H2. The summed E-state index contributed by atoms with van der Waals surface area (Å²) in [6, 6.07) is 2.99. The second kappa shape index (κ2) is 5.75. The summed E-state index contributed by atoms with van der Waals surface area (Å²) in [5.41, 5.74) is -1.37. The van der Waals surface area contributed by atoms with Gasteiger partial charge in [0.2, 0.25) is 0 Å². The molecule has 0 N–H and O–H groups in total. The zero-order valence-corrected chi connectivity index (χ0v) is 10.9. The average Bonchev–Trinajstić information content (AvgIpc) is 2.45. The first-order chi connectivity index (χ1) is 10.2. The molecule has 11 heteroatoms. The lowest BCUT2D eigenvalue weighted by atomic mass is 10.2. The summed E-state index contributed by atoms with van der Waals surface area (Å²) in [6.07, 6.45) is -6.55. The van der Waals surface area contributed by atoms with Gasteiger partial charge < -0.3 is 9.64 Å². The van der Waals surface area contributed by atoms with Crippen LogP contribution in [0.3, 0.4) is 0 Å². The number of nitrogens with zero attached hydrogens (tertiary/aromatic N) is 3. The smallest absolute Gasteiger partial charge is 0.366 e. The average molecular weight is 321 g/mol. The molecule has 1 fully saturated rings. The van der Waals surface area contributed by atoms with E-state index in [-0.39, 0.29) is 18.8 Å². The van der Waals surface area contributed by atoms with Crippen molar-refractivity contribution in [3.63, 3.8) is 0 Å². The monoisotopic (exact) mass is 321 g/mol. The van der Waals surface area contributed by atoms with Gasteiger partial charge in [-0.1, -0.05) is 0 Å². The Kier molecular flexibility index (Phi) is 4.17. The lowest BCUT2D eigenvalue weighted by molar-refractivity contribution is -0.422. The maximum atomic E-state index is 12.7. The molecule has 0 spiro atoms. The summed E-state index contributed by atoms with van der Waals surface area (Å²) in [5.74, 6) is 0. The predicted octanol–water partition coefficient (Wildman–Crippen LogP) is 2.27. The number of anilines is 1. The molecule has 120 valence electrons. The number of halogens is 3. The molecule has 22 heavy (non-hydrogen) atoms. The van der Waals surface area contributed by atoms with Gasteiger partial charge in [-0.15, -0.1) is 0 Å². The number of nitro benzene ring substituents is 2. The predicted molar refractivity (Wildman–Crippen MR) is 67.8 cm³/mol. The van der Waals surface area contributed by atoms with Crippen LogP contribution in [0.4, 0.5) is 30.2 Å². The Bertz CT molecular complexity index is 607. The zero-order chi connectivity index (χ0) is 16.5. The van der Waals surface area contributed by atoms with Crippen molar-refractivity contribution in [2.45, 2.75) is 12.3 Å². The van der Waals surface area contributed by atoms with E-state index < -0.39 is 40.0 Å². The lowest BCUT2D eigenvalue weighted by Gasteiger charge is -2.35. The maximum absolute atomic E-state index is 12.7. The first kappa shape index (κ1) is 15.9. The number of rotatable bonds is 3. The highest BCUT2D eigenvalue weighted by Crippen LogP contribution is 2.33. The minimum atomic E-state index is -4.55. The van der Waals surface area contributed by atoms with Crippen molar-refractivity contribution in [2.75, 3.05) is 24.6 Å². The molecular formula is C11H10F3N3O5. The van der Waals surface area contributed by atoms with E-state index in [2.05, 4.69) is 4.74 Å². The Morgan fingerprint density at radius 3 is 2.36 bits per heavy atom. The van der Waals surface area contributed by atoms with Gasteiger partial charge in [-0.3, -0.25) is 20.2 Å². The lowest BCUT2D eigenvalue weighted by Crippen LogP contribution is -2.49. The fourth-order valence-corrected chi connectivity index (χ4v) is 2.09. The maximum Gasteiger partial charge on any atom is 0.416 e. The van der Waals surface area contributed by atoms with Gasteiger partial charge in [0.05, 0.1) is 23.0 Å². The quantitative estimate of drug-likeness (QED) is 0.625. The largest absolute Gasteiger partial charge is 0.416 e. The van der Waals surface area contributed by atoms with Crippen LogP contribution in [0.25, 0.3) is 0 Å². The molecule has 1 aromatic carbocycles. The molecule has 1 aliphatic rings. The van der Waals surface area contributed by atoms with Crippen molar-refractivity contribution < 1.29 is 27.8 Å². The topological polar surface area (TPSA) is 98.8 Å². The van der Waals surface area contributed by atoms with Crippen molar-refractivity contribution in [3.05, 3.63) is 38.4 Å². The van der Waals surface area contributed by atoms with Crippen LogP contribution in [0.15, 0.2) is 18.2 Å². The van der Waals surface area contributed by atoms with Gasteiger partial charge in [0.15, 0.2) is 6.10 Å². The van der Waals surface area contributed by atoms with Crippen molar-refractivity contribution in [3.8, 4) is 0 Å². The molecule has 0 saturated carbocycles. The van der Waals surface area contributed by atoms with Gasteiger partial charge in [0, 0.05) is 24.4 Å². The molecule has 1 aliphatic heterocycles. The number of hydrogen-bond acceptors (Lipinski definition) is 6. The van der Waals surface area contributed by atoms with Crippen LogP contribution in [0, 0.1) is 20.2 Å². The van der Waals surface area contributed by atoms with E-state index in [0.717, 1.165) is 12.1 Å². The van der Waals surface area contributed by atoms with Crippen molar-refractivity contribution in [2.24, 2.45) is 0 Å². The third-order valence-corrected chi connectivity index (χ3v) is 3.15. The summed E-state index contributed by atoms with van der Waals surface area (Å²) in [5, 5.41) is 21.6. The van der Waals surface area contributed by atoms with Gasteiger partial charge >= 0.3 is 17.6 Å².